The second kappa shape index (κ2) is 8.08. The van der Waals surface area contributed by atoms with Gasteiger partial charge in [-0.15, -0.1) is 0 Å². The van der Waals surface area contributed by atoms with E-state index in [0.29, 0.717) is 6.54 Å². The van der Waals surface area contributed by atoms with Gasteiger partial charge in [0.2, 0.25) is 5.91 Å². The summed E-state index contributed by atoms with van der Waals surface area (Å²) in [6, 6.07) is 6.10. The number of halogens is 1. The number of benzene rings is 1. The van der Waals surface area contributed by atoms with Crippen molar-refractivity contribution in [3.63, 3.8) is 0 Å². The highest BCUT2D eigenvalue weighted by atomic mass is 79.9. The van der Waals surface area contributed by atoms with Gasteiger partial charge in [-0.1, -0.05) is 15.9 Å². The molecule has 0 fully saturated rings. The fourth-order valence-corrected chi connectivity index (χ4v) is 2.61. The minimum absolute atomic E-state index is 0.00524. The van der Waals surface area contributed by atoms with Crippen LogP contribution in [0.5, 0.6) is 5.75 Å². The maximum absolute atomic E-state index is 10.9. The van der Waals surface area contributed by atoms with Crippen LogP contribution < -0.4 is 10.1 Å². The Bertz CT molecular complexity index is 595. The molecule has 0 aliphatic rings. The Kier molecular flexibility index (Phi) is 6.11. The third-order valence-electron chi connectivity index (χ3n) is 3.30. The molecule has 0 saturated carbocycles. The molecule has 2 N–H and O–H groups in total. The van der Waals surface area contributed by atoms with Crippen molar-refractivity contribution in [2.24, 2.45) is 0 Å². The van der Waals surface area contributed by atoms with Gasteiger partial charge in [-0.05, 0) is 43.0 Å². The van der Waals surface area contributed by atoms with Crippen molar-refractivity contribution in [3.05, 3.63) is 30.0 Å². The number of amides is 1. The molecule has 1 aromatic heterocycles. The second-order valence-electron chi connectivity index (χ2n) is 5.00. The van der Waals surface area contributed by atoms with Crippen LogP contribution in [0.3, 0.4) is 0 Å². The third-order valence-corrected chi connectivity index (χ3v) is 3.86. The zero-order chi connectivity index (χ0) is 15.1. The van der Waals surface area contributed by atoms with Crippen LogP contribution in [0.15, 0.2) is 24.4 Å². The Hall–Kier alpha value is -1.49. The zero-order valence-corrected chi connectivity index (χ0v) is 13.8. The predicted molar refractivity (Wildman–Crippen MR) is 89.2 cm³/mol. The van der Waals surface area contributed by atoms with Gasteiger partial charge in [0.1, 0.15) is 5.75 Å². The van der Waals surface area contributed by atoms with Crippen LogP contribution in [0.2, 0.25) is 0 Å². The third kappa shape index (κ3) is 4.77. The van der Waals surface area contributed by atoms with Gasteiger partial charge in [-0.3, -0.25) is 4.79 Å². The van der Waals surface area contributed by atoms with Crippen molar-refractivity contribution in [1.82, 2.24) is 10.3 Å². The quantitative estimate of drug-likeness (QED) is 0.565. The van der Waals surface area contributed by atoms with Gasteiger partial charge in [0.15, 0.2) is 0 Å². The molecule has 0 aliphatic carbocycles. The summed E-state index contributed by atoms with van der Waals surface area (Å²) in [7, 11) is 0. The van der Waals surface area contributed by atoms with Gasteiger partial charge in [0, 0.05) is 35.9 Å². The lowest BCUT2D eigenvalue weighted by Gasteiger charge is -2.06. The fourth-order valence-electron chi connectivity index (χ4n) is 2.21. The Labute approximate surface area is 133 Å². The van der Waals surface area contributed by atoms with E-state index in [4.69, 9.17) is 4.74 Å². The number of alkyl halides is 1. The molecule has 0 spiro atoms. The Morgan fingerprint density at radius 2 is 2.24 bits per heavy atom. The molecule has 1 amide bonds. The molecule has 114 valence electrons. The molecule has 0 radical (unpaired) electrons. The van der Waals surface area contributed by atoms with Crippen LogP contribution in [0.25, 0.3) is 10.9 Å². The van der Waals surface area contributed by atoms with E-state index in [2.05, 4.69) is 32.3 Å². The van der Waals surface area contributed by atoms with Crippen LogP contribution in [0.1, 0.15) is 25.3 Å². The summed E-state index contributed by atoms with van der Waals surface area (Å²) in [4.78, 5) is 14.2. The highest BCUT2D eigenvalue weighted by molar-refractivity contribution is 9.09. The molecule has 2 aromatic rings. The first kappa shape index (κ1) is 15.9. The number of H-pyrrole nitrogens is 1. The largest absolute Gasteiger partial charge is 0.494 e. The van der Waals surface area contributed by atoms with Gasteiger partial charge in [0.05, 0.1) is 6.61 Å². The molecule has 0 unspecified atom stereocenters. The van der Waals surface area contributed by atoms with E-state index in [-0.39, 0.29) is 5.91 Å². The lowest BCUT2D eigenvalue weighted by Crippen LogP contribution is -2.22. The zero-order valence-electron chi connectivity index (χ0n) is 12.2. The minimum Gasteiger partial charge on any atom is -0.494 e. The molecular weight excluding hydrogens is 332 g/mol. The first-order valence-electron chi connectivity index (χ1n) is 7.24. The molecule has 0 bridgehead atoms. The van der Waals surface area contributed by atoms with Crippen molar-refractivity contribution >= 4 is 32.7 Å². The van der Waals surface area contributed by atoms with Gasteiger partial charge in [-0.25, -0.2) is 0 Å². The summed E-state index contributed by atoms with van der Waals surface area (Å²) in [5.41, 5.74) is 2.30. The highest BCUT2D eigenvalue weighted by Gasteiger charge is 2.05. The van der Waals surface area contributed by atoms with Crippen molar-refractivity contribution in [1.29, 1.82) is 0 Å². The van der Waals surface area contributed by atoms with Crippen molar-refractivity contribution in [2.75, 3.05) is 18.5 Å². The second-order valence-corrected chi connectivity index (χ2v) is 5.79. The smallest absolute Gasteiger partial charge is 0.216 e. The summed E-state index contributed by atoms with van der Waals surface area (Å²) in [6.07, 6.45) is 4.98. The van der Waals surface area contributed by atoms with Crippen LogP contribution >= 0.6 is 15.9 Å². The average molecular weight is 353 g/mol. The van der Waals surface area contributed by atoms with Gasteiger partial charge in [0.25, 0.3) is 0 Å². The highest BCUT2D eigenvalue weighted by Crippen LogP contribution is 2.24. The number of aromatic nitrogens is 1. The standard InChI is InChI=1S/C16H21BrN2O2/c1-12(20)18-8-6-13-11-19-16-5-4-14(10-15(13)16)21-9-3-2-7-17/h4-5,10-11,19H,2-3,6-9H2,1H3,(H,18,20). The van der Waals surface area contributed by atoms with E-state index in [1.54, 1.807) is 0 Å². The number of hydrogen-bond donors (Lipinski definition) is 2. The van der Waals surface area contributed by atoms with Gasteiger partial charge in [-0.2, -0.15) is 0 Å². The predicted octanol–water partition coefficient (Wildman–Crippen LogP) is 3.40. The molecule has 1 heterocycles. The molecule has 0 atom stereocenters. The van der Waals surface area contributed by atoms with Crippen LogP contribution in [-0.4, -0.2) is 29.4 Å². The number of aromatic amines is 1. The average Bonchev–Trinajstić information content (AvgIpc) is 2.86. The van der Waals surface area contributed by atoms with Gasteiger partial charge >= 0.3 is 0 Å². The summed E-state index contributed by atoms with van der Waals surface area (Å²) < 4.78 is 5.78. The van der Waals surface area contributed by atoms with E-state index >= 15 is 0 Å². The molecule has 21 heavy (non-hydrogen) atoms. The monoisotopic (exact) mass is 352 g/mol. The summed E-state index contributed by atoms with van der Waals surface area (Å²) in [5.74, 6) is 0.906. The maximum Gasteiger partial charge on any atom is 0.216 e. The molecule has 5 heteroatoms. The summed E-state index contributed by atoms with van der Waals surface area (Å²) in [6.45, 7) is 2.93. The van der Waals surface area contributed by atoms with E-state index in [9.17, 15) is 4.79 Å². The van der Waals surface area contributed by atoms with Crippen LogP contribution in [0, 0.1) is 0 Å². The number of carbonyl (C=O) groups is 1. The lowest BCUT2D eigenvalue weighted by molar-refractivity contribution is -0.118. The number of rotatable bonds is 8. The topological polar surface area (TPSA) is 54.1 Å². The van der Waals surface area contributed by atoms with E-state index in [1.165, 1.54) is 17.9 Å². The number of unbranched alkanes of at least 4 members (excludes halogenated alkanes) is 1. The van der Waals surface area contributed by atoms with E-state index in [0.717, 1.165) is 42.5 Å². The first-order chi connectivity index (χ1) is 10.2. The van der Waals surface area contributed by atoms with E-state index < -0.39 is 0 Å². The Morgan fingerprint density at radius 1 is 1.38 bits per heavy atom. The molecule has 2 rings (SSSR count). The van der Waals surface area contributed by atoms with Crippen molar-refractivity contribution in [3.8, 4) is 5.75 Å². The maximum atomic E-state index is 10.9. The summed E-state index contributed by atoms with van der Waals surface area (Å²) >= 11 is 3.42. The van der Waals surface area contributed by atoms with Crippen molar-refractivity contribution < 1.29 is 9.53 Å². The summed E-state index contributed by atoms with van der Waals surface area (Å²) in [5, 5.41) is 5.00. The first-order valence-corrected chi connectivity index (χ1v) is 8.36. The fraction of sp³-hybridized carbons (Fsp3) is 0.438. The van der Waals surface area contributed by atoms with Crippen molar-refractivity contribution in [2.45, 2.75) is 26.2 Å². The number of hydrogen-bond acceptors (Lipinski definition) is 2. The minimum atomic E-state index is 0.00524. The number of nitrogens with one attached hydrogen (secondary N) is 2. The SMILES string of the molecule is CC(=O)NCCc1c[nH]c2ccc(OCCCCBr)cc12. The van der Waals surface area contributed by atoms with Gasteiger partial charge < -0.3 is 15.0 Å². The normalized spacial score (nSPS) is 10.8. The lowest BCUT2D eigenvalue weighted by atomic mass is 10.1. The molecule has 0 saturated heterocycles. The molecule has 1 aromatic carbocycles. The number of ether oxygens (including phenoxy) is 1. The molecular formula is C16H21BrN2O2. The van der Waals surface area contributed by atoms with Crippen LogP contribution in [0.4, 0.5) is 0 Å². The number of carbonyl (C=O) groups excluding carboxylic acids is 1. The van der Waals surface area contributed by atoms with E-state index in [1.807, 2.05) is 18.3 Å². The van der Waals surface area contributed by atoms with Crippen LogP contribution in [-0.2, 0) is 11.2 Å². The molecule has 4 nitrogen and oxygen atoms in total. The Balaban J connectivity index is 2.00. The Morgan fingerprint density at radius 3 is 3.00 bits per heavy atom. The molecule has 0 aliphatic heterocycles. The number of fused-ring (bicyclic) bond motifs is 1.